The van der Waals surface area contributed by atoms with Crippen molar-refractivity contribution < 1.29 is 0 Å². The number of fused-ring (bicyclic) bond motifs is 6. The van der Waals surface area contributed by atoms with Gasteiger partial charge in [-0.25, -0.2) is 9.97 Å². The summed E-state index contributed by atoms with van der Waals surface area (Å²) in [4.78, 5) is 10.2. The van der Waals surface area contributed by atoms with E-state index < -0.39 is 0 Å². The molecular weight excluding hydrogens is 681 g/mol. The van der Waals surface area contributed by atoms with Crippen molar-refractivity contribution in [2.75, 3.05) is 0 Å². The van der Waals surface area contributed by atoms with Gasteiger partial charge in [0.2, 0.25) is 0 Å². The van der Waals surface area contributed by atoms with Crippen LogP contribution < -0.4 is 0 Å². The van der Waals surface area contributed by atoms with Gasteiger partial charge in [-0.3, -0.25) is 0 Å². The Labute approximate surface area is 324 Å². The summed E-state index contributed by atoms with van der Waals surface area (Å²) < 4.78 is 4.80. The quantitative estimate of drug-likeness (QED) is 0.172. The zero-order valence-corrected chi connectivity index (χ0v) is 30.4. The second-order valence-corrected chi connectivity index (χ2v) is 14.2. The van der Waals surface area contributed by atoms with Crippen LogP contribution in [0.1, 0.15) is 0 Å². The summed E-state index contributed by atoms with van der Waals surface area (Å²) in [6.07, 6.45) is 0. The highest BCUT2D eigenvalue weighted by Crippen LogP contribution is 2.38. The highest BCUT2D eigenvalue weighted by atomic mass is 15.0. The Morgan fingerprint density at radius 1 is 0.268 bits per heavy atom. The fraction of sp³-hybridized carbons (Fsp3) is 0. The molecule has 0 amide bonds. The predicted molar refractivity (Wildman–Crippen MR) is 232 cm³/mol. The average Bonchev–Trinajstić information content (AvgIpc) is 3.80. The Morgan fingerprint density at radius 3 is 1.27 bits per heavy atom. The molecule has 0 radical (unpaired) electrons. The summed E-state index contributed by atoms with van der Waals surface area (Å²) in [5.41, 5.74) is 14.1. The average molecular weight is 715 g/mol. The number of benzene rings is 8. The molecule has 0 unspecified atom stereocenters. The number of rotatable bonds is 6. The summed E-state index contributed by atoms with van der Waals surface area (Å²) in [6.45, 7) is 0. The smallest absolute Gasteiger partial charge is 0.160 e. The third-order valence-electron chi connectivity index (χ3n) is 10.9. The SMILES string of the molecule is c1ccc(-c2cc(-c3ccccc3)nc(-c3cccc(-c4ccc5c6ccccc6n(-c6cccc(-n7c8ccccc8c8ccccc87)c6)c5c4)c3)n2)cc1. The monoisotopic (exact) mass is 714 g/mol. The van der Waals surface area contributed by atoms with Gasteiger partial charge >= 0.3 is 0 Å². The minimum absolute atomic E-state index is 0.698. The van der Waals surface area contributed by atoms with Crippen molar-refractivity contribution >= 4 is 43.6 Å². The maximum Gasteiger partial charge on any atom is 0.160 e. The summed E-state index contributed by atoms with van der Waals surface area (Å²) in [5, 5.41) is 4.95. The maximum atomic E-state index is 5.12. The molecule has 3 heterocycles. The second kappa shape index (κ2) is 13.1. The molecule has 3 aromatic heterocycles. The molecule has 0 aliphatic rings. The highest BCUT2D eigenvalue weighted by molar-refractivity contribution is 6.11. The lowest BCUT2D eigenvalue weighted by molar-refractivity contribution is 1.13. The summed E-state index contributed by atoms with van der Waals surface area (Å²) in [5.74, 6) is 0.698. The number of para-hydroxylation sites is 3. The molecule has 0 saturated heterocycles. The van der Waals surface area contributed by atoms with Gasteiger partial charge in [0.25, 0.3) is 0 Å². The Bertz CT molecular complexity index is 3140. The molecule has 4 nitrogen and oxygen atoms in total. The van der Waals surface area contributed by atoms with Crippen LogP contribution in [0, 0.1) is 0 Å². The molecule has 0 aliphatic heterocycles. The molecule has 8 aromatic carbocycles. The topological polar surface area (TPSA) is 35.6 Å². The fourth-order valence-electron chi connectivity index (χ4n) is 8.33. The van der Waals surface area contributed by atoms with E-state index in [4.69, 9.17) is 9.97 Å². The van der Waals surface area contributed by atoms with Gasteiger partial charge < -0.3 is 9.13 Å². The van der Waals surface area contributed by atoms with E-state index in [2.05, 4.69) is 203 Å². The first kappa shape index (κ1) is 31.9. The van der Waals surface area contributed by atoms with E-state index in [1.807, 2.05) is 12.1 Å². The Kier molecular flexibility index (Phi) is 7.46. The van der Waals surface area contributed by atoms with Crippen molar-refractivity contribution in [3.8, 4) is 56.4 Å². The normalized spacial score (nSPS) is 11.6. The third-order valence-corrected chi connectivity index (χ3v) is 10.9. The minimum atomic E-state index is 0.698. The highest BCUT2D eigenvalue weighted by Gasteiger charge is 2.17. The zero-order valence-electron chi connectivity index (χ0n) is 30.4. The molecule has 4 heteroatoms. The van der Waals surface area contributed by atoms with E-state index in [-0.39, 0.29) is 0 Å². The Hall–Kier alpha value is -7.56. The Balaban J connectivity index is 1.06. The summed E-state index contributed by atoms with van der Waals surface area (Å²) in [6, 6.07) is 73.2. The van der Waals surface area contributed by atoms with Gasteiger partial charge in [-0.15, -0.1) is 0 Å². The molecule has 0 N–H and O–H groups in total. The molecular formula is C52H34N4. The van der Waals surface area contributed by atoms with Gasteiger partial charge in [0.1, 0.15) is 0 Å². The molecule has 0 fully saturated rings. The summed E-state index contributed by atoms with van der Waals surface area (Å²) in [7, 11) is 0. The van der Waals surface area contributed by atoms with Gasteiger partial charge in [0.15, 0.2) is 5.82 Å². The van der Waals surface area contributed by atoms with Crippen molar-refractivity contribution in [1.29, 1.82) is 0 Å². The van der Waals surface area contributed by atoms with E-state index in [1.165, 1.54) is 38.1 Å². The number of hydrogen-bond donors (Lipinski definition) is 0. The summed E-state index contributed by atoms with van der Waals surface area (Å²) >= 11 is 0. The molecule has 0 saturated carbocycles. The zero-order chi connectivity index (χ0) is 37.0. The van der Waals surface area contributed by atoms with Crippen molar-refractivity contribution in [2.24, 2.45) is 0 Å². The lowest BCUT2D eigenvalue weighted by Crippen LogP contribution is -1.98. The Morgan fingerprint density at radius 2 is 0.696 bits per heavy atom. The molecule has 0 atom stereocenters. The predicted octanol–water partition coefficient (Wildman–Crippen LogP) is 13.3. The second-order valence-electron chi connectivity index (χ2n) is 14.2. The van der Waals surface area contributed by atoms with Crippen LogP contribution in [0.2, 0.25) is 0 Å². The molecule has 262 valence electrons. The lowest BCUT2D eigenvalue weighted by atomic mass is 10.0. The van der Waals surface area contributed by atoms with Crippen LogP contribution >= 0.6 is 0 Å². The largest absolute Gasteiger partial charge is 0.309 e. The van der Waals surface area contributed by atoms with E-state index in [0.717, 1.165) is 56.1 Å². The first-order valence-electron chi connectivity index (χ1n) is 19.0. The molecule has 0 bridgehead atoms. The first-order valence-corrected chi connectivity index (χ1v) is 19.0. The van der Waals surface area contributed by atoms with Gasteiger partial charge in [-0.2, -0.15) is 0 Å². The standard InChI is InChI=1S/C52H34N4/c1-3-15-35(16-4-1)46-34-47(36-17-5-2-6-18-36)54-52(53-46)39-20-13-19-37(31-39)38-29-30-45-44-25-9-12-28-50(44)56(51(45)32-38)41-22-14-21-40(33-41)55-48-26-10-7-23-42(48)43-24-8-11-27-49(43)55/h1-34H. The van der Waals surface area contributed by atoms with Crippen molar-refractivity contribution in [3.63, 3.8) is 0 Å². The van der Waals surface area contributed by atoms with Gasteiger partial charge in [-0.1, -0.05) is 152 Å². The van der Waals surface area contributed by atoms with Crippen molar-refractivity contribution in [1.82, 2.24) is 19.1 Å². The lowest BCUT2D eigenvalue weighted by Gasteiger charge is -2.13. The van der Waals surface area contributed by atoms with Gasteiger partial charge in [0, 0.05) is 49.6 Å². The van der Waals surface area contributed by atoms with Crippen LogP contribution in [0.25, 0.3) is 100 Å². The minimum Gasteiger partial charge on any atom is -0.309 e. The van der Waals surface area contributed by atoms with E-state index >= 15 is 0 Å². The van der Waals surface area contributed by atoms with Crippen LogP contribution in [0.3, 0.4) is 0 Å². The molecule has 56 heavy (non-hydrogen) atoms. The number of nitrogens with zero attached hydrogens (tertiary/aromatic N) is 4. The van der Waals surface area contributed by atoms with Crippen LogP contribution in [-0.2, 0) is 0 Å². The van der Waals surface area contributed by atoms with E-state index in [9.17, 15) is 0 Å². The first-order chi connectivity index (χ1) is 27.8. The van der Waals surface area contributed by atoms with Crippen LogP contribution in [-0.4, -0.2) is 19.1 Å². The number of aromatic nitrogens is 4. The van der Waals surface area contributed by atoms with Crippen molar-refractivity contribution in [2.45, 2.75) is 0 Å². The van der Waals surface area contributed by atoms with Gasteiger partial charge in [-0.05, 0) is 65.7 Å². The van der Waals surface area contributed by atoms with Crippen LogP contribution in [0.4, 0.5) is 0 Å². The van der Waals surface area contributed by atoms with E-state index in [1.54, 1.807) is 0 Å². The third kappa shape index (κ3) is 5.31. The fourth-order valence-corrected chi connectivity index (χ4v) is 8.33. The van der Waals surface area contributed by atoms with Crippen molar-refractivity contribution in [3.05, 3.63) is 206 Å². The molecule has 0 spiro atoms. The van der Waals surface area contributed by atoms with E-state index in [0.29, 0.717) is 5.82 Å². The molecule has 11 rings (SSSR count). The van der Waals surface area contributed by atoms with Crippen LogP contribution in [0.5, 0.6) is 0 Å². The molecule has 0 aliphatic carbocycles. The maximum absolute atomic E-state index is 5.12. The number of hydrogen-bond acceptors (Lipinski definition) is 2. The van der Waals surface area contributed by atoms with Gasteiger partial charge in [0.05, 0.1) is 33.5 Å². The molecule has 11 aromatic rings. The van der Waals surface area contributed by atoms with Crippen LogP contribution in [0.15, 0.2) is 206 Å².